The Bertz CT molecular complexity index is 836. The molecule has 0 fully saturated rings. The fourth-order valence-corrected chi connectivity index (χ4v) is 2.81. The SMILES string of the molecule is COc1ccc(/C=C\S(=O)NC(=O)/C=C/c2ccc(OC)c(N)c2)cc1N. The van der Waals surface area contributed by atoms with Gasteiger partial charge in [-0.15, -0.1) is 0 Å². The number of benzene rings is 2. The Kier molecular flexibility index (Phi) is 7.01. The van der Waals surface area contributed by atoms with Gasteiger partial charge in [-0.1, -0.05) is 12.1 Å². The molecule has 142 valence electrons. The van der Waals surface area contributed by atoms with Gasteiger partial charge in [-0.3, -0.25) is 9.52 Å². The third-order valence-corrected chi connectivity index (χ3v) is 4.31. The highest BCUT2D eigenvalue weighted by Gasteiger charge is 2.02. The Balaban J connectivity index is 1.94. The molecule has 0 aromatic heterocycles. The molecule has 2 rings (SSSR count). The summed E-state index contributed by atoms with van der Waals surface area (Å²) in [6.45, 7) is 0. The van der Waals surface area contributed by atoms with Crippen LogP contribution < -0.4 is 25.7 Å². The second-order valence-electron chi connectivity index (χ2n) is 5.40. The highest BCUT2D eigenvalue weighted by Crippen LogP contribution is 2.23. The number of carbonyl (C=O) groups is 1. The first-order valence-electron chi connectivity index (χ1n) is 7.87. The Morgan fingerprint density at radius 2 is 1.48 bits per heavy atom. The number of ether oxygens (including phenoxy) is 2. The standard InChI is InChI=1S/C19H21N3O4S/c1-25-17-6-3-13(11-15(17)20)5-8-19(23)22-27(24)10-9-14-4-7-18(26-2)16(21)12-14/h3-12H,20-21H2,1-2H3,(H,22,23)/b8-5+,10-9-. The fraction of sp³-hybridized carbons (Fsp3) is 0.105. The molecule has 0 spiro atoms. The topological polar surface area (TPSA) is 117 Å². The first kappa shape index (κ1) is 20.1. The smallest absolute Gasteiger partial charge is 0.255 e. The molecule has 0 aliphatic rings. The second kappa shape index (κ2) is 9.44. The number of hydrogen-bond donors (Lipinski definition) is 3. The summed E-state index contributed by atoms with van der Waals surface area (Å²) in [6, 6.07) is 10.3. The van der Waals surface area contributed by atoms with Crippen LogP contribution in [0.25, 0.3) is 12.2 Å². The van der Waals surface area contributed by atoms with Gasteiger partial charge in [0.1, 0.15) is 22.5 Å². The Morgan fingerprint density at radius 3 is 1.96 bits per heavy atom. The third kappa shape index (κ3) is 5.89. The van der Waals surface area contributed by atoms with Crippen LogP contribution in [0.4, 0.5) is 11.4 Å². The lowest BCUT2D eigenvalue weighted by Gasteiger charge is -2.04. The van der Waals surface area contributed by atoms with E-state index in [9.17, 15) is 9.00 Å². The first-order valence-corrected chi connectivity index (χ1v) is 9.08. The number of methoxy groups -OCH3 is 2. The van der Waals surface area contributed by atoms with Gasteiger partial charge in [0, 0.05) is 11.5 Å². The zero-order chi connectivity index (χ0) is 19.8. The van der Waals surface area contributed by atoms with Crippen molar-refractivity contribution < 1.29 is 18.5 Å². The van der Waals surface area contributed by atoms with Gasteiger partial charge in [-0.25, -0.2) is 4.21 Å². The van der Waals surface area contributed by atoms with Gasteiger partial charge in [0.05, 0.1) is 25.6 Å². The van der Waals surface area contributed by atoms with E-state index in [-0.39, 0.29) is 0 Å². The third-order valence-electron chi connectivity index (χ3n) is 3.52. The number of anilines is 2. The number of carbonyl (C=O) groups excluding carboxylic acids is 1. The number of hydrogen-bond acceptors (Lipinski definition) is 6. The number of amides is 1. The lowest BCUT2D eigenvalue weighted by Crippen LogP contribution is -2.21. The highest BCUT2D eigenvalue weighted by atomic mass is 32.2. The molecule has 1 atom stereocenters. The summed E-state index contributed by atoms with van der Waals surface area (Å²) in [4.78, 5) is 11.9. The van der Waals surface area contributed by atoms with E-state index in [1.807, 2.05) is 0 Å². The average molecular weight is 387 g/mol. The predicted octanol–water partition coefficient (Wildman–Crippen LogP) is 2.33. The second-order valence-corrected chi connectivity index (χ2v) is 6.47. The molecule has 2 aromatic carbocycles. The van der Waals surface area contributed by atoms with E-state index in [0.29, 0.717) is 22.9 Å². The maximum absolute atomic E-state index is 11.9. The Labute approximate surface area is 160 Å². The van der Waals surface area contributed by atoms with Crippen LogP contribution in [0.15, 0.2) is 47.9 Å². The summed E-state index contributed by atoms with van der Waals surface area (Å²) >= 11 is 0. The van der Waals surface area contributed by atoms with Crippen molar-refractivity contribution in [3.63, 3.8) is 0 Å². The van der Waals surface area contributed by atoms with Crippen molar-refractivity contribution in [2.24, 2.45) is 0 Å². The normalized spacial score (nSPS) is 12.2. The zero-order valence-corrected chi connectivity index (χ0v) is 15.8. The molecule has 0 heterocycles. The maximum Gasteiger partial charge on any atom is 0.255 e. The van der Waals surface area contributed by atoms with E-state index in [0.717, 1.165) is 11.1 Å². The lowest BCUT2D eigenvalue weighted by molar-refractivity contribution is -0.114. The largest absolute Gasteiger partial charge is 0.495 e. The van der Waals surface area contributed by atoms with Gasteiger partial charge in [-0.2, -0.15) is 0 Å². The molecule has 2 aromatic rings. The Morgan fingerprint density at radius 1 is 0.963 bits per heavy atom. The molecule has 0 saturated carbocycles. The van der Waals surface area contributed by atoms with E-state index in [1.54, 1.807) is 48.6 Å². The molecule has 1 unspecified atom stereocenters. The van der Waals surface area contributed by atoms with Gasteiger partial charge in [0.25, 0.3) is 5.91 Å². The minimum absolute atomic E-state index is 0.463. The summed E-state index contributed by atoms with van der Waals surface area (Å²) in [5.74, 6) is 0.620. The van der Waals surface area contributed by atoms with Crippen LogP contribution in [-0.2, 0) is 15.8 Å². The molecule has 0 aliphatic heterocycles. The zero-order valence-electron chi connectivity index (χ0n) is 15.0. The minimum Gasteiger partial charge on any atom is -0.495 e. The maximum atomic E-state index is 11.9. The summed E-state index contributed by atoms with van der Waals surface area (Å²) in [5.41, 5.74) is 14.0. The molecular weight excluding hydrogens is 366 g/mol. The van der Waals surface area contributed by atoms with Crippen LogP contribution in [0.2, 0.25) is 0 Å². The van der Waals surface area contributed by atoms with Gasteiger partial charge < -0.3 is 20.9 Å². The summed E-state index contributed by atoms with van der Waals surface area (Å²) in [6.07, 6.45) is 4.44. The van der Waals surface area contributed by atoms with Crippen molar-refractivity contribution in [1.29, 1.82) is 0 Å². The van der Waals surface area contributed by atoms with Gasteiger partial charge >= 0.3 is 0 Å². The molecule has 0 saturated heterocycles. The molecular formula is C19H21N3O4S. The van der Waals surface area contributed by atoms with Crippen LogP contribution in [0.3, 0.4) is 0 Å². The molecule has 0 bridgehead atoms. The van der Waals surface area contributed by atoms with Crippen molar-refractivity contribution in [2.75, 3.05) is 25.7 Å². The van der Waals surface area contributed by atoms with Gasteiger partial charge in [-0.05, 0) is 47.5 Å². The number of rotatable bonds is 7. The fourth-order valence-electron chi connectivity index (χ4n) is 2.19. The lowest BCUT2D eigenvalue weighted by atomic mass is 10.2. The van der Waals surface area contributed by atoms with E-state index >= 15 is 0 Å². The van der Waals surface area contributed by atoms with Crippen LogP contribution in [0, 0.1) is 0 Å². The number of nitrogens with one attached hydrogen (secondary N) is 1. The Hall–Kier alpha value is -3.26. The van der Waals surface area contributed by atoms with Gasteiger partial charge in [0.15, 0.2) is 0 Å². The monoisotopic (exact) mass is 387 g/mol. The quantitative estimate of drug-likeness (QED) is 0.496. The van der Waals surface area contributed by atoms with Crippen molar-refractivity contribution in [2.45, 2.75) is 0 Å². The first-order chi connectivity index (χ1) is 12.9. The van der Waals surface area contributed by atoms with Crippen molar-refractivity contribution in [1.82, 2.24) is 4.72 Å². The molecule has 1 amide bonds. The van der Waals surface area contributed by atoms with E-state index in [2.05, 4.69) is 4.72 Å². The number of nitrogen functional groups attached to an aromatic ring is 2. The van der Waals surface area contributed by atoms with Crippen LogP contribution in [-0.4, -0.2) is 24.3 Å². The molecule has 5 N–H and O–H groups in total. The molecule has 8 heteroatoms. The van der Waals surface area contributed by atoms with Crippen LogP contribution >= 0.6 is 0 Å². The van der Waals surface area contributed by atoms with Crippen molar-refractivity contribution >= 4 is 40.4 Å². The summed E-state index contributed by atoms with van der Waals surface area (Å²) in [7, 11) is 1.37. The van der Waals surface area contributed by atoms with Crippen molar-refractivity contribution in [3.05, 3.63) is 59.0 Å². The molecule has 0 aliphatic carbocycles. The van der Waals surface area contributed by atoms with Crippen LogP contribution in [0.5, 0.6) is 11.5 Å². The minimum atomic E-state index is -1.68. The van der Waals surface area contributed by atoms with Crippen molar-refractivity contribution in [3.8, 4) is 11.5 Å². The molecule has 27 heavy (non-hydrogen) atoms. The van der Waals surface area contributed by atoms with Gasteiger partial charge in [0.2, 0.25) is 0 Å². The average Bonchev–Trinajstić information content (AvgIpc) is 2.65. The predicted molar refractivity (Wildman–Crippen MR) is 109 cm³/mol. The van der Waals surface area contributed by atoms with E-state index in [1.165, 1.54) is 25.7 Å². The van der Waals surface area contributed by atoms with Crippen LogP contribution in [0.1, 0.15) is 11.1 Å². The molecule has 0 radical (unpaired) electrons. The summed E-state index contributed by atoms with van der Waals surface area (Å²) < 4.78 is 24.4. The summed E-state index contributed by atoms with van der Waals surface area (Å²) in [5, 5.41) is 1.36. The molecule has 7 nitrogen and oxygen atoms in total. The highest BCUT2D eigenvalue weighted by molar-refractivity contribution is 7.86. The number of nitrogens with two attached hydrogens (primary N) is 2. The van der Waals surface area contributed by atoms with E-state index in [4.69, 9.17) is 20.9 Å². The van der Waals surface area contributed by atoms with E-state index < -0.39 is 16.9 Å².